The zero-order chi connectivity index (χ0) is 20.4. The molecule has 3 heterocycles. The number of hydrogen-bond donors (Lipinski definition) is 1. The van der Waals surface area contributed by atoms with E-state index in [1.165, 1.54) is 0 Å². The summed E-state index contributed by atoms with van der Waals surface area (Å²) < 4.78 is 3.28. The number of carbonyl (C=O) groups is 1. The molecule has 1 fully saturated rings. The highest BCUT2D eigenvalue weighted by Gasteiger charge is 2.26. The van der Waals surface area contributed by atoms with Crippen LogP contribution < -0.4 is 10.9 Å². The lowest BCUT2D eigenvalue weighted by molar-refractivity contribution is 0.0915. The normalized spacial score (nSPS) is 19.1. The molecule has 8 nitrogen and oxygen atoms in total. The van der Waals surface area contributed by atoms with E-state index in [0.717, 1.165) is 42.6 Å². The van der Waals surface area contributed by atoms with Crippen molar-refractivity contribution < 1.29 is 4.79 Å². The maximum Gasteiger partial charge on any atom is 0.272 e. The number of nitrogens with one attached hydrogen (secondary N) is 1. The number of hydrogen-bond acceptors (Lipinski definition) is 5. The Kier molecular flexibility index (Phi) is 5.24. The lowest BCUT2D eigenvalue weighted by Gasteiger charge is -2.29. The molecule has 0 bridgehead atoms. The number of carbonyl (C=O) groups excluding carboxylic acids is 1. The molecule has 29 heavy (non-hydrogen) atoms. The van der Waals surface area contributed by atoms with E-state index in [-0.39, 0.29) is 23.6 Å². The fraction of sp³-hybridized carbons (Fsp3) is 0.381. The Morgan fingerprint density at radius 3 is 2.59 bits per heavy atom. The van der Waals surface area contributed by atoms with Crippen LogP contribution in [0.25, 0.3) is 11.3 Å². The van der Waals surface area contributed by atoms with Crippen LogP contribution in [0.1, 0.15) is 47.9 Å². The summed E-state index contributed by atoms with van der Waals surface area (Å²) in [5.74, 6) is -0.147. The predicted molar refractivity (Wildman–Crippen MR) is 108 cm³/mol. The molecule has 0 saturated heterocycles. The highest BCUT2D eigenvalue weighted by Crippen LogP contribution is 2.27. The minimum Gasteiger partial charge on any atom is -0.348 e. The molecule has 1 N–H and O–H groups in total. The SMILES string of the molecule is Cc1cc(C(=O)NC2CCC(n3nc(-c4cccnc4)ccc3=O)CC2)nn1C. The van der Waals surface area contributed by atoms with Gasteiger partial charge < -0.3 is 5.32 Å². The third-order valence-electron chi connectivity index (χ3n) is 5.51. The second kappa shape index (κ2) is 7.98. The quantitative estimate of drug-likeness (QED) is 0.735. The summed E-state index contributed by atoms with van der Waals surface area (Å²) in [6.07, 6.45) is 6.62. The average Bonchev–Trinajstić information content (AvgIpc) is 3.08. The largest absolute Gasteiger partial charge is 0.348 e. The zero-order valence-electron chi connectivity index (χ0n) is 16.6. The van der Waals surface area contributed by atoms with Gasteiger partial charge in [-0.25, -0.2) is 4.68 Å². The number of aromatic nitrogens is 5. The number of pyridine rings is 1. The van der Waals surface area contributed by atoms with Crippen molar-refractivity contribution in [3.63, 3.8) is 0 Å². The van der Waals surface area contributed by atoms with Crippen LogP contribution in [0, 0.1) is 6.92 Å². The Labute approximate surface area is 168 Å². The topological polar surface area (TPSA) is 94.7 Å². The first-order chi connectivity index (χ1) is 14.0. The third-order valence-corrected chi connectivity index (χ3v) is 5.51. The van der Waals surface area contributed by atoms with Crippen molar-refractivity contribution in [2.75, 3.05) is 0 Å². The lowest BCUT2D eigenvalue weighted by atomic mass is 9.91. The summed E-state index contributed by atoms with van der Waals surface area (Å²) in [7, 11) is 1.82. The van der Waals surface area contributed by atoms with Crippen molar-refractivity contribution in [2.24, 2.45) is 7.05 Å². The van der Waals surface area contributed by atoms with Gasteiger partial charge in [0.25, 0.3) is 11.5 Å². The van der Waals surface area contributed by atoms with Crippen LogP contribution in [0.4, 0.5) is 0 Å². The summed E-state index contributed by atoms with van der Waals surface area (Å²) >= 11 is 0. The first kappa shape index (κ1) is 19.0. The highest BCUT2D eigenvalue weighted by molar-refractivity contribution is 5.92. The molecule has 150 valence electrons. The minimum atomic E-state index is -0.147. The molecule has 0 unspecified atom stereocenters. The van der Waals surface area contributed by atoms with Gasteiger partial charge in [-0.3, -0.25) is 19.3 Å². The smallest absolute Gasteiger partial charge is 0.272 e. The molecule has 0 aromatic carbocycles. The second-order valence-electron chi connectivity index (χ2n) is 7.52. The second-order valence-corrected chi connectivity index (χ2v) is 7.52. The van der Waals surface area contributed by atoms with Crippen molar-refractivity contribution in [1.29, 1.82) is 0 Å². The van der Waals surface area contributed by atoms with Gasteiger partial charge in [0, 0.05) is 42.8 Å². The predicted octanol–water partition coefficient (Wildman–Crippen LogP) is 2.26. The van der Waals surface area contributed by atoms with Gasteiger partial charge in [0.15, 0.2) is 0 Å². The lowest BCUT2D eigenvalue weighted by Crippen LogP contribution is -2.39. The number of aryl methyl sites for hydroxylation is 2. The van der Waals surface area contributed by atoms with E-state index in [2.05, 4.69) is 20.5 Å². The maximum absolute atomic E-state index is 12.4. The number of nitrogens with zero attached hydrogens (tertiary/aromatic N) is 5. The Balaban J connectivity index is 1.42. The monoisotopic (exact) mass is 392 g/mol. The summed E-state index contributed by atoms with van der Waals surface area (Å²) in [5.41, 5.74) is 2.90. The Bertz CT molecular complexity index is 1040. The van der Waals surface area contributed by atoms with E-state index in [4.69, 9.17) is 0 Å². The molecule has 0 atom stereocenters. The van der Waals surface area contributed by atoms with E-state index >= 15 is 0 Å². The molecule has 0 aliphatic heterocycles. The van der Waals surface area contributed by atoms with E-state index in [0.29, 0.717) is 5.69 Å². The molecule has 1 saturated carbocycles. The summed E-state index contributed by atoms with van der Waals surface area (Å²) in [5, 5.41) is 11.9. The van der Waals surface area contributed by atoms with E-state index in [1.807, 2.05) is 26.1 Å². The molecule has 0 radical (unpaired) electrons. The van der Waals surface area contributed by atoms with Crippen LogP contribution in [0.5, 0.6) is 0 Å². The molecule has 0 spiro atoms. The van der Waals surface area contributed by atoms with E-state index < -0.39 is 0 Å². The van der Waals surface area contributed by atoms with Crippen LogP contribution in [-0.4, -0.2) is 36.5 Å². The van der Waals surface area contributed by atoms with E-state index in [9.17, 15) is 9.59 Å². The third kappa shape index (κ3) is 4.11. The Morgan fingerprint density at radius 1 is 1.14 bits per heavy atom. The first-order valence-electron chi connectivity index (χ1n) is 9.83. The Hall–Kier alpha value is -3.29. The van der Waals surface area contributed by atoms with Crippen LogP contribution in [0.2, 0.25) is 0 Å². The van der Waals surface area contributed by atoms with Crippen molar-refractivity contribution >= 4 is 5.91 Å². The fourth-order valence-electron chi connectivity index (χ4n) is 3.75. The molecular formula is C21H24N6O2. The molecule has 3 aromatic rings. The molecule has 4 rings (SSSR count). The maximum atomic E-state index is 12.4. The van der Waals surface area contributed by atoms with E-state index in [1.54, 1.807) is 40.0 Å². The minimum absolute atomic E-state index is 0.0318. The summed E-state index contributed by atoms with van der Waals surface area (Å²) in [6, 6.07) is 8.97. The van der Waals surface area contributed by atoms with Gasteiger partial charge in [-0.1, -0.05) is 0 Å². The first-order valence-corrected chi connectivity index (χ1v) is 9.83. The van der Waals surface area contributed by atoms with Crippen molar-refractivity contribution in [2.45, 2.75) is 44.7 Å². The molecule has 1 aliphatic carbocycles. The highest BCUT2D eigenvalue weighted by atomic mass is 16.2. The van der Waals surface area contributed by atoms with Gasteiger partial charge in [-0.15, -0.1) is 0 Å². The molecule has 1 amide bonds. The van der Waals surface area contributed by atoms with Crippen molar-refractivity contribution in [1.82, 2.24) is 29.9 Å². The van der Waals surface area contributed by atoms with Gasteiger partial charge in [0.2, 0.25) is 0 Å². The standard InChI is InChI=1S/C21H24N6O2/c1-14-12-19(24-26(14)2)21(29)23-16-5-7-17(8-6-16)27-20(28)10-9-18(25-27)15-4-3-11-22-13-15/h3-4,9-13,16-17H,5-8H2,1-2H3,(H,23,29). The van der Waals surface area contributed by atoms with Gasteiger partial charge in [0.1, 0.15) is 5.69 Å². The summed E-state index contributed by atoms with van der Waals surface area (Å²) in [4.78, 5) is 28.9. The van der Waals surface area contributed by atoms with Crippen LogP contribution in [0.3, 0.4) is 0 Å². The van der Waals surface area contributed by atoms with Gasteiger partial charge in [-0.2, -0.15) is 10.2 Å². The van der Waals surface area contributed by atoms with Gasteiger partial charge in [0.05, 0.1) is 11.7 Å². The average molecular weight is 392 g/mol. The fourth-order valence-corrected chi connectivity index (χ4v) is 3.75. The molecule has 1 aliphatic rings. The molecule has 3 aromatic heterocycles. The van der Waals surface area contributed by atoms with Gasteiger partial charge >= 0.3 is 0 Å². The molecule has 8 heteroatoms. The van der Waals surface area contributed by atoms with Crippen LogP contribution >= 0.6 is 0 Å². The number of amides is 1. The summed E-state index contributed by atoms with van der Waals surface area (Å²) in [6.45, 7) is 1.92. The van der Waals surface area contributed by atoms with Gasteiger partial charge in [-0.05, 0) is 56.9 Å². The van der Waals surface area contributed by atoms with Crippen molar-refractivity contribution in [3.8, 4) is 11.3 Å². The number of rotatable bonds is 4. The van der Waals surface area contributed by atoms with Crippen molar-refractivity contribution in [3.05, 3.63) is 64.5 Å². The zero-order valence-corrected chi connectivity index (χ0v) is 16.6. The Morgan fingerprint density at radius 2 is 1.93 bits per heavy atom. The van der Waals surface area contributed by atoms with Crippen LogP contribution in [-0.2, 0) is 7.05 Å². The molecular weight excluding hydrogens is 368 g/mol. The van der Waals surface area contributed by atoms with Crippen LogP contribution in [0.15, 0.2) is 47.5 Å².